The van der Waals surface area contributed by atoms with Crippen molar-refractivity contribution in [1.82, 2.24) is 9.80 Å². The first-order chi connectivity index (χ1) is 15.9. The fourth-order valence-electron chi connectivity index (χ4n) is 3.61. The number of hydrogen-bond donors (Lipinski definition) is 0. The fraction of sp³-hybridized carbons (Fsp3) is 0.360. The van der Waals surface area contributed by atoms with Crippen LogP contribution in [0.2, 0.25) is 0 Å². The number of amides is 2. The normalized spacial score (nSPS) is 15.0. The van der Waals surface area contributed by atoms with Crippen LogP contribution in [0, 0.1) is 0 Å². The Morgan fingerprint density at radius 3 is 2.15 bits per heavy atom. The topological polar surface area (TPSA) is 49.9 Å². The van der Waals surface area contributed by atoms with Crippen molar-refractivity contribution < 1.29 is 27.5 Å². The molecule has 1 aliphatic heterocycles. The van der Waals surface area contributed by atoms with Crippen LogP contribution in [0.15, 0.2) is 53.0 Å². The number of rotatable bonds is 3. The average molecular weight is 539 g/mol. The van der Waals surface area contributed by atoms with Gasteiger partial charge in [-0.05, 0) is 50.1 Å². The SMILES string of the molecule is CC(C)(C)OC(=O)N1CCN(C(=O)/C=C/c2cccc(C(F)(F)F)c2-c2ccccc2Br)CC1. The molecule has 0 N–H and O–H groups in total. The van der Waals surface area contributed by atoms with Crippen molar-refractivity contribution in [1.29, 1.82) is 0 Å². The molecule has 2 amide bonds. The van der Waals surface area contributed by atoms with Gasteiger partial charge >= 0.3 is 12.3 Å². The first-order valence-corrected chi connectivity index (χ1v) is 11.6. The minimum absolute atomic E-state index is 0.00118. The molecule has 9 heteroatoms. The van der Waals surface area contributed by atoms with Crippen LogP contribution in [0.1, 0.15) is 31.9 Å². The van der Waals surface area contributed by atoms with Gasteiger partial charge in [0.1, 0.15) is 5.60 Å². The maximum absolute atomic E-state index is 13.8. The Labute approximate surface area is 205 Å². The van der Waals surface area contributed by atoms with Crippen LogP contribution in [-0.2, 0) is 15.7 Å². The Balaban J connectivity index is 1.79. The van der Waals surface area contributed by atoms with Gasteiger partial charge in [-0.2, -0.15) is 13.2 Å². The summed E-state index contributed by atoms with van der Waals surface area (Å²) in [7, 11) is 0. The molecule has 0 spiro atoms. The minimum atomic E-state index is -4.56. The summed E-state index contributed by atoms with van der Waals surface area (Å²) in [5.74, 6) is -0.334. The highest BCUT2D eigenvalue weighted by molar-refractivity contribution is 9.10. The zero-order chi connectivity index (χ0) is 25.1. The van der Waals surface area contributed by atoms with Gasteiger partial charge in [-0.3, -0.25) is 4.79 Å². The summed E-state index contributed by atoms with van der Waals surface area (Å²) in [4.78, 5) is 28.0. The molecule has 5 nitrogen and oxygen atoms in total. The van der Waals surface area contributed by atoms with Crippen LogP contribution in [-0.4, -0.2) is 53.6 Å². The molecule has 0 bridgehead atoms. The summed E-state index contributed by atoms with van der Waals surface area (Å²) >= 11 is 3.34. The number of piperazine rings is 1. The predicted molar refractivity (Wildman–Crippen MR) is 128 cm³/mol. The lowest BCUT2D eigenvalue weighted by Crippen LogP contribution is -2.51. The van der Waals surface area contributed by atoms with Crippen molar-refractivity contribution in [3.05, 3.63) is 64.1 Å². The number of carbonyl (C=O) groups excluding carboxylic acids is 2. The van der Waals surface area contributed by atoms with Crippen molar-refractivity contribution in [3.8, 4) is 11.1 Å². The predicted octanol–water partition coefficient (Wildman–Crippen LogP) is 6.23. The molecular formula is C25H26BrF3N2O3. The van der Waals surface area contributed by atoms with Crippen molar-refractivity contribution >= 4 is 34.0 Å². The lowest BCUT2D eigenvalue weighted by Gasteiger charge is -2.35. The van der Waals surface area contributed by atoms with Gasteiger partial charge in [0.25, 0.3) is 0 Å². The van der Waals surface area contributed by atoms with Crippen molar-refractivity contribution in [2.45, 2.75) is 32.5 Å². The maximum Gasteiger partial charge on any atom is 0.417 e. The maximum atomic E-state index is 13.8. The molecule has 2 aromatic carbocycles. The number of hydrogen-bond acceptors (Lipinski definition) is 3. The average Bonchev–Trinajstić information content (AvgIpc) is 2.76. The van der Waals surface area contributed by atoms with E-state index in [4.69, 9.17) is 4.74 Å². The van der Waals surface area contributed by atoms with Gasteiger partial charge < -0.3 is 14.5 Å². The summed E-state index contributed by atoms with van der Waals surface area (Å²) in [5, 5.41) is 0. The monoisotopic (exact) mass is 538 g/mol. The number of ether oxygens (including phenoxy) is 1. The van der Waals surface area contributed by atoms with E-state index in [-0.39, 0.29) is 17.0 Å². The lowest BCUT2D eigenvalue weighted by molar-refractivity contribution is -0.137. The van der Waals surface area contributed by atoms with Gasteiger partial charge in [-0.1, -0.05) is 46.3 Å². The van der Waals surface area contributed by atoms with E-state index in [0.29, 0.717) is 36.2 Å². The number of halogens is 4. The highest BCUT2D eigenvalue weighted by Gasteiger charge is 2.35. The van der Waals surface area contributed by atoms with Crippen LogP contribution in [0.25, 0.3) is 17.2 Å². The van der Waals surface area contributed by atoms with Crippen molar-refractivity contribution in [3.63, 3.8) is 0 Å². The second-order valence-corrected chi connectivity index (χ2v) is 9.73. The Morgan fingerprint density at radius 1 is 0.941 bits per heavy atom. The Morgan fingerprint density at radius 2 is 1.56 bits per heavy atom. The molecule has 0 radical (unpaired) electrons. The molecule has 3 rings (SSSR count). The van der Waals surface area contributed by atoms with E-state index in [0.717, 1.165) is 6.07 Å². The van der Waals surface area contributed by atoms with E-state index in [9.17, 15) is 22.8 Å². The van der Waals surface area contributed by atoms with Gasteiger partial charge in [0, 0.05) is 42.3 Å². The van der Waals surface area contributed by atoms with Crippen LogP contribution < -0.4 is 0 Å². The zero-order valence-electron chi connectivity index (χ0n) is 19.2. The van der Waals surface area contributed by atoms with Crippen LogP contribution in [0.3, 0.4) is 0 Å². The second-order valence-electron chi connectivity index (χ2n) is 8.87. The molecule has 0 atom stereocenters. The van der Waals surface area contributed by atoms with E-state index in [1.54, 1.807) is 56.0 Å². The summed E-state index contributed by atoms with van der Waals surface area (Å²) < 4.78 is 47.2. The molecule has 2 aromatic rings. The minimum Gasteiger partial charge on any atom is -0.444 e. The zero-order valence-corrected chi connectivity index (χ0v) is 20.7. The fourth-order valence-corrected chi connectivity index (χ4v) is 4.10. The van der Waals surface area contributed by atoms with Crippen LogP contribution >= 0.6 is 15.9 Å². The molecule has 0 aliphatic carbocycles. The molecular weight excluding hydrogens is 513 g/mol. The summed E-state index contributed by atoms with van der Waals surface area (Å²) in [5.41, 5.74) is -0.722. The third-order valence-electron chi connectivity index (χ3n) is 5.19. The molecule has 34 heavy (non-hydrogen) atoms. The lowest BCUT2D eigenvalue weighted by atomic mass is 9.93. The quantitative estimate of drug-likeness (QED) is 0.435. The number of carbonyl (C=O) groups is 2. The Kier molecular flexibility index (Phi) is 7.75. The Bertz CT molecular complexity index is 1090. The van der Waals surface area contributed by atoms with E-state index in [1.165, 1.54) is 23.1 Å². The number of nitrogens with zero attached hydrogens (tertiary/aromatic N) is 2. The molecule has 0 unspecified atom stereocenters. The van der Waals surface area contributed by atoms with Crippen LogP contribution in [0.4, 0.5) is 18.0 Å². The van der Waals surface area contributed by atoms with E-state index in [2.05, 4.69) is 15.9 Å². The van der Waals surface area contributed by atoms with Gasteiger partial charge in [0.05, 0.1) is 5.56 Å². The highest BCUT2D eigenvalue weighted by Crippen LogP contribution is 2.41. The molecule has 1 saturated heterocycles. The first kappa shape index (κ1) is 25.8. The van der Waals surface area contributed by atoms with Crippen LogP contribution in [0.5, 0.6) is 0 Å². The molecule has 0 aromatic heterocycles. The second kappa shape index (κ2) is 10.2. The summed E-state index contributed by atoms with van der Waals surface area (Å²) in [6, 6.07) is 10.6. The largest absolute Gasteiger partial charge is 0.444 e. The van der Waals surface area contributed by atoms with Crippen molar-refractivity contribution in [2.24, 2.45) is 0 Å². The molecule has 1 fully saturated rings. The van der Waals surface area contributed by atoms with E-state index < -0.39 is 23.4 Å². The third-order valence-corrected chi connectivity index (χ3v) is 5.89. The van der Waals surface area contributed by atoms with Crippen molar-refractivity contribution in [2.75, 3.05) is 26.2 Å². The van der Waals surface area contributed by atoms with Gasteiger partial charge in [-0.25, -0.2) is 4.79 Å². The molecule has 182 valence electrons. The third kappa shape index (κ3) is 6.40. The van der Waals surface area contributed by atoms with Gasteiger partial charge in [0.2, 0.25) is 5.91 Å². The summed E-state index contributed by atoms with van der Waals surface area (Å²) in [6.07, 6.45) is -2.31. The first-order valence-electron chi connectivity index (χ1n) is 10.8. The smallest absolute Gasteiger partial charge is 0.417 e. The standard InChI is InChI=1S/C25H26BrF3N2O3/c1-24(2,3)34-23(33)31-15-13-30(14-16-31)21(32)12-11-17-7-6-9-19(25(27,28)29)22(17)18-8-4-5-10-20(18)26/h4-12H,13-16H2,1-3H3/b12-11+. The molecule has 1 aliphatic rings. The summed E-state index contributed by atoms with van der Waals surface area (Å²) in [6.45, 7) is 6.60. The highest BCUT2D eigenvalue weighted by atomic mass is 79.9. The molecule has 1 heterocycles. The number of benzene rings is 2. The van der Waals surface area contributed by atoms with E-state index >= 15 is 0 Å². The Hall–Kier alpha value is -2.81. The van der Waals surface area contributed by atoms with E-state index in [1.807, 2.05) is 0 Å². The number of alkyl halides is 3. The van der Waals surface area contributed by atoms with Gasteiger partial charge in [-0.15, -0.1) is 0 Å². The molecule has 0 saturated carbocycles. The van der Waals surface area contributed by atoms with Gasteiger partial charge in [0.15, 0.2) is 0 Å².